The molecule has 0 amide bonds. The Hall–Kier alpha value is -1.05. The number of hydrogen-bond donors (Lipinski definition) is 0. The third-order valence-corrected chi connectivity index (χ3v) is 3.93. The van der Waals surface area contributed by atoms with Gasteiger partial charge in [0.15, 0.2) is 0 Å². The molecule has 1 aromatic rings. The summed E-state index contributed by atoms with van der Waals surface area (Å²) in [4.78, 5) is 4.62. The van der Waals surface area contributed by atoms with Crippen LogP contribution in [0, 0.1) is 17.2 Å². The summed E-state index contributed by atoms with van der Waals surface area (Å²) in [6, 6.07) is 8.06. The molecule has 0 saturated carbocycles. The normalized spacial score (nSPS) is 19.8. The lowest BCUT2D eigenvalue weighted by Crippen LogP contribution is -2.27. The summed E-state index contributed by atoms with van der Waals surface area (Å²) >= 11 is 3.46. The van der Waals surface area contributed by atoms with Crippen molar-refractivity contribution in [3.63, 3.8) is 0 Å². The molecule has 0 aliphatic carbocycles. The summed E-state index contributed by atoms with van der Waals surface area (Å²) in [5, 5.41) is 8.99. The lowest BCUT2D eigenvalue weighted by Gasteiger charge is -2.23. The predicted molar refractivity (Wildman–Crippen MR) is 77.7 cm³/mol. The van der Waals surface area contributed by atoms with Gasteiger partial charge in [0, 0.05) is 30.3 Å². The molecule has 1 fully saturated rings. The minimum atomic E-state index is 0.703. The summed E-state index contributed by atoms with van der Waals surface area (Å²) in [7, 11) is 4.27. The van der Waals surface area contributed by atoms with E-state index in [-0.39, 0.29) is 0 Å². The van der Waals surface area contributed by atoms with Crippen LogP contribution in [0.1, 0.15) is 12.0 Å². The molecule has 1 aliphatic rings. The quantitative estimate of drug-likeness (QED) is 0.860. The Balaban J connectivity index is 2.06. The van der Waals surface area contributed by atoms with Crippen LogP contribution in [0.2, 0.25) is 0 Å². The van der Waals surface area contributed by atoms with Crippen LogP contribution in [0.25, 0.3) is 0 Å². The van der Waals surface area contributed by atoms with Gasteiger partial charge >= 0.3 is 0 Å². The minimum absolute atomic E-state index is 0.703. The Morgan fingerprint density at radius 2 is 2.28 bits per heavy atom. The molecule has 0 radical (unpaired) electrons. The predicted octanol–water partition coefficient (Wildman–Crippen LogP) is 2.71. The molecular formula is C14H18BrN3. The molecule has 1 aliphatic heterocycles. The second-order valence-electron chi connectivity index (χ2n) is 5.11. The third kappa shape index (κ3) is 3.24. The zero-order chi connectivity index (χ0) is 13.1. The standard InChI is InChI=1S/C14H18BrN3/c1-17-4-3-11(9-17)10-18(2)14-6-12(8-16)5-13(15)7-14/h5-7,11H,3-4,9-10H2,1-2H3. The highest BCUT2D eigenvalue weighted by Gasteiger charge is 2.21. The van der Waals surface area contributed by atoms with Crippen LogP contribution in [0.4, 0.5) is 5.69 Å². The minimum Gasteiger partial charge on any atom is -0.374 e. The zero-order valence-corrected chi connectivity index (χ0v) is 12.4. The number of anilines is 1. The van der Waals surface area contributed by atoms with E-state index < -0.39 is 0 Å². The average Bonchev–Trinajstić information content (AvgIpc) is 2.73. The van der Waals surface area contributed by atoms with E-state index in [0.717, 1.165) is 22.6 Å². The number of nitriles is 1. The first kappa shape index (κ1) is 13.4. The van der Waals surface area contributed by atoms with Gasteiger partial charge in [0.05, 0.1) is 11.6 Å². The Bertz CT molecular complexity index is 467. The molecular weight excluding hydrogens is 290 g/mol. The molecule has 3 nitrogen and oxygen atoms in total. The van der Waals surface area contributed by atoms with Crippen molar-refractivity contribution in [1.29, 1.82) is 5.26 Å². The van der Waals surface area contributed by atoms with Gasteiger partial charge < -0.3 is 9.80 Å². The summed E-state index contributed by atoms with van der Waals surface area (Å²) in [5.74, 6) is 0.726. The van der Waals surface area contributed by atoms with Crippen LogP contribution in [0.3, 0.4) is 0 Å². The highest BCUT2D eigenvalue weighted by Crippen LogP contribution is 2.24. The van der Waals surface area contributed by atoms with Gasteiger partial charge in [0.25, 0.3) is 0 Å². The summed E-state index contributed by atoms with van der Waals surface area (Å²) in [6.07, 6.45) is 1.26. The number of hydrogen-bond acceptors (Lipinski definition) is 3. The first-order valence-corrected chi connectivity index (χ1v) is 6.98. The number of nitrogens with zero attached hydrogens (tertiary/aromatic N) is 3. The van der Waals surface area contributed by atoms with Gasteiger partial charge in [-0.25, -0.2) is 0 Å². The van der Waals surface area contributed by atoms with Crippen molar-refractivity contribution in [2.24, 2.45) is 5.92 Å². The largest absolute Gasteiger partial charge is 0.374 e. The number of benzene rings is 1. The number of rotatable bonds is 3. The maximum atomic E-state index is 8.99. The third-order valence-electron chi connectivity index (χ3n) is 3.47. The summed E-state index contributed by atoms with van der Waals surface area (Å²) in [6.45, 7) is 3.41. The fourth-order valence-electron chi connectivity index (χ4n) is 2.53. The van der Waals surface area contributed by atoms with Gasteiger partial charge in [0.2, 0.25) is 0 Å². The van der Waals surface area contributed by atoms with Crippen molar-refractivity contribution in [1.82, 2.24) is 4.90 Å². The fourth-order valence-corrected chi connectivity index (χ4v) is 3.01. The van der Waals surface area contributed by atoms with Gasteiger partial charge in [-0.2, -0.15) is 5.26 Å². The van der Waals surface area contributed by atoms with Crippen molar-refractivity contribution < 1.29 is 0 Å². The smallest absolute Gasteiger partial charge is 0.0992 e. The van der Waals surface area contributed by atoms with Gasteiger partial charge in [-0.05, 0) is 44.1 Å². The highest BCUT2D eigenvalue weighted by molar-refractivity contribution is 9.10. The molecule has 18 heavy (non-hydrogen) atoms. The van der Waals surface area contributed by atoms with Crippen molar-refractivity contribution in [3.8, 4) is 6.07 Å². The Morgan fingerprint density at radius 3 is 2.89 bits per heavy atom. The molecule has 0 aromatic heterocycles. The van der Waals surface area contributed by atoms with Crippen LogP contribution in [0.5, 0.6) is 0 Å². The number of likely N-dealkylation sites (tertiary alicyclic amines) is 1. The second-order valence-corrected chi connectivity index (χ2v) is 6.02. The van der Waals surface area contributed by atoms with E-state index >= 15 is 0 Å². The van der Waals surface area contributed by atoms with Crippen molar-refractivity contribution in [2.75, 3.05) is 38.6 Å². The van der Waals surface area contributed by atoms with Gasteiger partial charge in [-0.15, -0.1) is 0 Å². The van der Waals surface area contributed by atoms with E-state index in [9.17, 15) is 0 Å². The fraction of sp³-hybridized carbons (Fsp3) is 0.500. The zero-order valence-electron chi connectivity index (χ0n) is 10.9. The Labute approximate surface area is 117 Å². The monoisotopic (exact) mass is 307 g/mol. The van der Waals surface area contributed by atoms with Crippen LogP contribution in [0.15, 0.2) is 22.7 Å². The maximum absolute atomic E-state index is 8.99. The van der Waals surface area contributed by atoms with Crippen LogP contribution in [-0.2, 0) is 0 Å². The molecule has 2 rings (SSSR count). The first-order valence-electron chi connectivity index (χ1n) is 6.19. The topological polar surface area (TPSA) is 30.3 Å². The molecule has 1 aromatic carbocycles. The van der Waals surface area contributed by atoms with E-state index in [1.807, 2.05) is 12.1 Å². The first-order chi connectivity index (χ1) is 8.58. The summed E-state index contributed by atoms with van der Waals surface area (Å²) in [5.41, 5.74) is 1.81. The molecule has 0 N–H and O–H groups in total. The van der Waals surface area contributed by atoms with Crippen molar-refractivity contribution in [3.05, 3.63) is 28.2 Å². The van der Waals surface area contributed by atoms with Crippen molar-refractivity contribution in [2.45, 2.75) is 6.42 Å². The Kier molecular flexibility index (Phi) is 4.26. The number of halogens is 1. The van der Waals surface area contributed by atoms with Gasteiger partial charge in [-0.1, -0.05) is 15.9 Å². The van der Waals surface area contributed by atoms with Crippen LogP contribution >= 0.6 is 15.9 Å². The lowest BCUT2D eigenvalue weighted by atomic mass is 10.1. The average molecular weight is 308 g/mol. The molecule has 96 valence electrons. The van der Waals surface area contributed by atoms with Gasteiger partial charge in [0.1, 0.15) is 0 Å². The van der Waals surface area contributed by atoms with E-state index in [1.165, 1.54) is 19.5 Å². The lowest BCUT2D eigenvalue weighted by molar-refractivity contribution is 0.396. The van der Waals surface area contributed by atoms with E-state index in [0.29, 0.717) is 5.56 Å². The molecule has 4 heteroatoms. The molecule has 1 unspecified atom stereocenters. The molecule has 1 saturated heterocycles. The van der Waals surface area contributed by atoms with E-state index in [2.05, 4.69) is 52.0 Å². The summed E-state index contributed by atoms with van der Waals surface area (Å²) < 4.78 is 0.965. The molecule has 0 bridgehead atoms. The van der Waals surface area contributed by atoms with Gasteiger partial charge in [-0.3, -0.25) is 0 Å². The highest BCUT2D eigenvalue weighted by atomic mass is 79.9. The van der Waals surface area contributed by atoms with Crippen LogP contribution < -0.4 is 4.90 Å². The second kappa shape index (κ2) is 5.73. The van der Waals surface area contributed by atoms with E-state index in [4.69, 9.17) is 5.26 Å². The molecule has 1 atom stereocenters. The maximum Gasteiger partial charge on any atom is 0.0992 e. The molecule has 1 heterocycles. The van der Waals surface area contributed by atoms with E-state index in [1.54, 1.807) is 0 Å². The van der Waals surface area contributed by atoms with Crippen molar-refractivity contribution >= 4 is 21.6 Å². The Morgan fingerprint density at radius 1 is 1.50 bits per heavy atom. The SMILES string of the molecule is CN1CCC(CN(C)c2cc(Br)cc(C#N)c2)C1. The van der Waals surface area contributed by atoms with Crippen LogP contribution in [-0.4, -0.2) is 38.6 Å². The molecule has 0 spiro atoms.